The normalized spacial score (nSPS) is 27.9. The summed E-state index contributed by atoms with van der Waals surface area (Å²) in [6, 6.07) is 6.42. The van der Waals surface area contributed by atoms with Crippen LogP contribution in [-0.4, -0.2) is 30.6 Å². The van der Waals surface area contributed by atoms with Crippen molar-refractivity contribution in [1.29, 1.82) is 0 Å². The summed E-state index contributed by atoms with van der Waals surface area (Å²) in [6.45, 7) is 4.42. The lowest BCUT2D eigenvalue weighted by Crippen LogP contribution is -2.59. The second-order valence-electron chi connectivity index (χ2n) is 7.09. The van der Waals surface area contributed by atoms with E-state index in [2.05, 4.69) is 45.0 Å². The minimum Gasteiger partial charge on any atom is -0.326 e. The van der Waals surface area contributed by atoms with E-state index in [1.165, 1.54) is 36.8 Å². The van der Waals surface area contributed by atoms with Crippen molar-refractivity contribution in [3.05, 3.63) is 34.3 Å². The fourth-order valence-electron chi connectivity index (χ4n) is 3.66. The Morgan fingerprint density at radius 3 is 2.48 bits per heavy atom. The molecule has 0 bridgehead atoms. The molecular weight excluding hydrogens is 280 g/mol. The van der Waals surface area contributed by atoms with Gasteiger partial charge in [-0.3, -0.25) is 0 Å². The number of benzene rings is 1. The Bertz CT molecular complexity index is 476. The average molecular weight is 309 g/mol. The zero-order valence-corrected chi connectivity index (χ0v) is 14.6. The van der Waals surface area contributed by atoms with Gasteiger partial charge in [0.15, 0.2) is 0 Å². The molecule has 1 unspecified atom stereocenters. The zero-order valence-electron chi connectivity index (χ0n) is 13.8. The monoisotopic (exact) mass is 308 g/mol. The molecule has 1 saturated carbocycles. The zero-order chi connectivity index (χ0) is 15.6. The van der Waals surface area contributed by atoms with Crippen LogP contribution in [0.25, 0.3) is 0 Å². The molecule has 0 saturated heterocycles. The quantitative estimate of drug-likeness (QED) is 0.910. The van der Waals surface area contributed by atoms with E-state index in [-0.39, 0.29) is 11.6 Å². The number of nitrogens with two attached hydrogens (primary N) is 1. The standard InChI is InChI=1S/C18H29ClN2/c1-13-7-9-18(10-8-13,21(3)4)17(20)12-15-6-5-14(2)11-16(15)19/h5-6,11,13,17H,7-10,12,20H2,1-4H3. The summed E-state index contributed by atoms with van der Waals surface area (Å²) < 4.78 is 0. The maximum atomic E-state index is 6.67. The van der Waals surface area contributed by atoms with E-state index in [0.717, 1.165) is 17.4 Å². The van der Waals surface area contributed by atoms with Gasteiger partial charge in [-0.25, -0.2) is 0 Å². The molecule has 0 amide bonds. The molecule has 118 valence electrons. The van der Waals surface area contributed by atoms with Crippen LogP contribution in [-0.2, 0) is 6.42 Å². The number of hydrogen-bond acceptors (Lipinski definition) is 2. The lowest BCUT2D eigenvalue weighted by atomic mass is 9.71. The Morgan fingerprint density at radius 2 is 1.95 bits per heavy atom. The van der Waals surface area contributed by atoms with Crippen LogP contribution < -0.4 is 5.73 Å². The molecule has 0 heterocycles. The van der Waals surface area contributed by atoms with Gasteiger partial charge in [0.05, 0.1) is 0 Å². The molecule has 0 radical (unpaired) electrons. The predicted octanol–water partition coefficient (Wildman–Crippen LogP) is 4.03. The van der Waals surface area contributed by atoms with Crippen molar-refractivity contribution < 1.29 is 0 Å². The summed E-state index contributed by atoms with van der Waals surface area (Å²) in [7, 11) is 4.35. The number of aryl methyl sites for hydroxylation is 1. The molecular formula is C18H29ClN2. The van der Waals surface area contributed by atoms with Crippen molar-refractivity contribution in [2.45, 2.75) is 57.5 Å². The molecule has 1 aliphatic rings. The smallest absolute Gasteiger partial charge is 0.0441 e. The number of nitrogens with zero attached hydrogens (tertiary/aromatic N) is 1. The first kappa shape index (κ1) is 16.8. The van der Waals surface area contributed by atoms with Crippen molar-refractivity contribution >= 4 is 11.6 Å². The molecule has 1 atom stereocenters. The second-order valence-corrected chi connectivity index (χ2v) is 7.49. The van der Waals surface area contributed by atoms with Crippen LogP contribution in [0.4, 0.5) is 0 Å². The average Bonchev–Trinajstić information content (AvgIpc) is 2.42. The highest BCUT2D eigenvalue weighted by atomic mass is 35.5. The van der Waals surface area contributed by atoms with Gasteiger partial charge in [-0.05, 0) is 76.2 Å². The highest BCUT2D eigenvalue weighted by Gasteiger charge is 2.41. The molecule has 2 rings (SSSR count). The summed E-state index contributed by atoms with van der Waals surface area (Å²) in [5, 5.41) is 0.850. The lowest BCUT2D eigenvalue weighted by molar-refractivity contribution is 0.0568. The van der Waals surface area contributed by atoms with Crippen molar-refractivity contribution in [3.8, 4) is 0 Å². The Hall–Kier alpha value is -0.570. The maximum absolute atomic E-state index is 6.67. The molecule has 1 aromatic carbocycles. The topological polar surface area (TPSA) is 29.3 Å². The molecule has 1 fully saturated rings. The van der Waals surface area contributed by atoms with Crippen LogP contribution in [0.3, 0.4) is 0 Å². The molecule has 1 aliphatic carbocycles. The van der Waals surface area contributed by atoms with Crippen LogP contribution in [0.1, 0.15) is 43.7 Å². The van der Waals surface area contributed by atoms with Gasteiger partial charge in [0.25, 0.3) is 0 Å². The Labute approximate surface area is 134 Å². The third-order valence-electron chi connectivity index (χ3n) is 5.37. The molecule has 3 heteroatoms. The molecule has 0 aromatic heterocycles. The third kappa shape index (κ3) is 3.61. The molecule has 2 nitrogen and oxygen atoms in total. The van der Waals surface area contributed by atoms with Gasteiger partial charge in [-0.2, -0.15) is 0 Å². The van der Waals surface area contributed by atoms with E-state index >= 15 is 0 Å². The molecule has 0 spiro atoms. The Balaban J connectivity index is 2.17. The minimum absolute atomic E-state index is 0.112. The van der Waals surface area contributed by atoms with Crippen LogP contribution in [0.15, 0.2) is 18.2 Å². The van der Waals surface area contributed by atoms with Gasteiger partial charge in [-0.15, -0.1) is 0 Å². The summed E-state index contributed by atoms with van der Waals surface area (Å²) in [5.74, 6) is 0.827. The van der Waals surface area contributed by atoms with Gasteiger partial charge in [-0.1, -0.05) is 30.7 Å². The highest BCUT2D eigenvalue weighted by Crippen LogP contribution is 2.38. The number of rotatable bonds is 4. The third-order valence-corrected chi connectivity index (χ3v) is 5.72. The SMILES string of the molecule is Cc1ccc(CC(N)C2(N(C)C)CCC(C)CC2)c(Cl)c1. The van der Waals surface area contributed by atoms with E-state index in [1.54, 1.807) is 0 Å². The summed E-state index contributed by atoms with van der Waals surface area (Å²) in [6.07, 6.45) is 5.77. The van der Waals surface area contributed by atoms with Gasteiger partial charge in [0, 0.05) is 16.6 Å². The van der Waals surface area contributed by atoms with E-state index in [1.807, 2.05) is 6.07 Å². The van der Waals surface area contributed by atoms with E-state index < -0.39 is 0 Å². The van der Waals surface area contributed by atoms with E-state index in [4.69, 9.17) is 17.3 Å². The first-order chi connectivity index (χ1) is 9.85. The highest BCUT2D eigenvalue weighted by molar-refractivity contribution is 6.31. The molecule has 0 aliphatic heterocycles. The van der Waals surface area contributed by atoms with Crippen molar-refractivity contribution in [2.75, 3.05) is 14.1 Å². The number of halogens is 1. The van der Waals surface area contributed by atoms with Gasteiger partial charge in [0.2, 0.25) is 0 Å². The van der Waals surface area contributed by atoms with Crippen LogP contribution in [0.5, 0.6) is 0 Å². The van der Waals surface area contributed by atoms with Gasteiger partial charge in [0.1, 0.15) is 0 Å². The predicted molar refractivity (Wildman–Crippen MR) is 91.9 cm³/mol. The van der Waals surface area contributed by atoms with Crippen molar-refractivity contribution in [2.24, 2.45) is 11.7 Å². The van der Waals surface area contributed by atoms with Crippen LogP contribution in [0.2, 0.25) is 5.02 Å². The van der Waals surface area contributed by atoms with Gasteiger partial charge >= 0.3 is 0 Å². The van der Waals surface area contributed by atoms with Gasteiger partial charge < -0.3 is 10.6 Å². The number of likely N-dealkylation sites (N-methyl/N-ethyl adjacent to an activating group) is 1. The largest absolute Gasteiger partial charge is 0.326 e. The fraction of sp³-hybridized carbons (Fsp3) is 0.667. The summed E-state index contributed by atoms with van der Waals surface area (Å²) in [4.78, 5) is 2.35. The van der Waals surface area contributed by atoms with Crippen LogP contribution >= 0.6 is 11.6 Å². The lowest BCUT2D eigenvalue weighted by Gasteiger charge is -2.48. The molecule has 1 aromatic rings. The maximum Gasteiger partial charge on any atom is 0.0441 e. The summed E-state index contributed by atoms with van der Waals surface area (Å²) in [5.41, 5.74) is 9.16. The summed E-state index contributed by atoms with van der Waals surface area (Å²) >= 11 is 6.39. The second kappa shape index (κ2) is 6.68. The fourth-order valence-corrected chi connectivity index (χ4v) is 3.97. The molecule has 2 N–H and O–H groups in total. The first-order valence-electron chi connectivity index (χ1n) is 8.03. The van der Waals surface area contributed by atoms with Crippen molar-refractivity contribution in [1.82, 2.24) is 4.90 Å². The first-order valence-corrected chi connectivity index (χ1v) is 8.41. The molecule has 21 heavy (non-hydrogen) atoms. The number of hydrogen-bond donors (Lipinski definition) is 1. The Kier molecular flexibility index (Phi) is 5.34. The van der Waals surface area contributed by atoms with E-state index in [9.17, 15) is 0 Å². The van der Waals surface area contributed by atoms with Crippen LogP contribution in [0, 0.1) is 12.8 Å². The van der Waals surface area contributed by atoms with Crippen molar-refractivity contribution in [3.63, 3.8) is 0 Å². The van der Waals surface area contributed by atoms with E-state index in [0.29, 0.717) is 0 Å². The Morgan fingerprint density at radius 1 is 1.33 bits per heavy atom. The minimum atomic E-state index is 0.112.